The average Bonchev–Trinajstić information content (AvgIpc) is 2.75. The molecule has 2 N–H and O–H groups in total. The lowest BCUT2D eigenvalue weighted by molar-refractivity contribution is 0.464. The highest BCUT2D eigenvalue weighted by Crippen LogP contribution is 2.20. The number of nitrogens with zero attached hydrogens (tertiary/aromatic N) is 3. The van der Waals surface area contributed by atoms with Crippen molar-refractivity contribution < 1.29 is 5.11 Å². The summed E-state index contributed by atoms with van der Waals surface area (Å²) in [5.74, 6) is 1.06. The molecule has 2 aromatic rings. The average molecular weight is 267 g/mol. The molecule has 96 valence electrons. The number of hydrogen-bond donors (Lipinski definition) is 2. The summed E-state index contributed by atoms with van der Waals surface area (Å²) in [6.45, 7) is 1.31. The first-order valence-electron chi connectivity index (χ1n) is 5.68. The molecule has 2 rings (SSSR count). The minimum Gasteiger partial charge on any atom is -0.508 e. The van der Waals surface area contributed by atoms with Gasteiger partial charge >= 0.3 is 0 Å². The summed E-state index contributed by atoms with van der Waals surface area (Å²) in [7, 11) is 1.84. The van der Waals surface area contributed by atoms with E-state index in [2.05, 4.69) is 15.4 Å². The van der Waals surface area contributed by atoms with Crippen molar-refractivity contribution >= 4 is 11.6 Å². The molecule has 0 aliphatic heterocycles. The Kier molecular flexibility index (Phi) is 4.17. The third-order valence-corrected chi connectivity index (χ3v) is 2.76. The molecule has 0 saturated heterocycles. The van der Waals surface area contributed by atoms with Crippen molar-refractivity contribution in [2.45, 2.75) is 13.0 Å². The highest BCUT2D eigenvalue weighted by molar-refractivity contribution is 6.30. The zero-order chi connectivity index (χ0) is 13.0. The topological polar surface area (TPSA) is 63.0 Å². The maximum absolute atomic E-state index is 9.63. The first-order chi connectivity index (χ1) is 8.65. The summed E-state index contributed by atoms with van der Waals surface area (Å²) in [5.41, 5.74) is 0.788. The third kappa shape index (κ3) is 3.45. The van der Waals surface area contributed by atoms with Gasteiger partial charge in [0.15, 0.2) is 5.82 Å². The summed E-state index contributed by atoms with van der Waals surface area (Å²) in [6, 6.07) is 5.01. The van der Waals surface area contributed by atoms with Gasteiger partial charge in [0.25, 0.3) is 0 Å². The third-order valence-electron chi connectivity index (χ3n) is 2.53. The number of halogens is 1. The van der Waals surface area contributed by atoms with Crippen LogP contribution in [0.15, 0.2) is 24.5 Å². The van der Waals surface area contributed by atoms with Gasteiger partial charge in [-0.25, -0.2) is 4.98 Å². The largest absolute Gasteiger partial charge is 0.508 e. The second-order valence-electron chi connectivity index (χ2n) is 4.03. The van der Waals surface area contributed by atoms with Crippen LogP contribution in [0.5, 0.6) is 5.75 Å². The highest BCUT2D eigenvalue weighted by Gasteiger charge is 2.02. The number of nitrogens with one attached hydrogen (secondary N) is 1. The van der Waals surface area contributed by atoms with E-state index in [4.69, 9.17) is 11.6 Å². The lowest BCUT2D eigenvalue weighted by Crippen LogP contribution is -2.17. The van der Waals surface area contributed by atoms with Crippen LogP contribution in [0.2, 0.25) is 5.02 Å². The van der Waals surface area contributed by atoms with Gasteiger partial charge in [-0.3, -0.25) is 4.68 Å². The monoisotopic (exact) mass is 266 g/mol. The number of aryl methyl sites for hydroxylation is 1. The molecule has 0 aliphatic carbocycles. The van der Waals surface area contributed by atoms with E-state index in [1.807, 2.05) is 7.05 Å². The molecular formula is C12H15ClN4O. The number of aromatic hydroxyl groups is 1. The summed E-state index contributed by atoms with van der Waals surface area (Å²) >= 11 is 5.87. The SMILES string of the molecule is Cn1cnc(CCNCc2cc(Cl)ccc2O)n1. The number of aromatic nitrogens is 3. The molecule has 1 aromatic heterocycles. The van der Waals surface area contributed by atoms with E-state index in [0.717, 1.165) is 24.4 Å². The number of hydrogen-bond acceptors (Lipinski definition) is 4. The van der Waals surface area contributed by atoms with E-state index < -0.39 is 0 Å². The van der Waals surface area contributed by atoms with Crippen LogP contribution < -0.4 is 5.32 Å². The molecule has 0 spiro atoms. The molecule has 0 fully saturated rings. The minimum absolute atomic E-state index is 0.253. The Morgan fingerprint density at radius 3 is 3.00 bits per heavy atom. The first-order valence-corrected chi connectivity index (χ1v) is 6.05. The van der Waals surface area contributed by atoms with Gasteiger partial charge < -0.3 is 10.4 Å². The molecule has 0 saturated carbocycles. The molecule has 0 bridgehead atoms. The fraction of sp³-hybridized carbons (Fsp3) is 0.333. The van der Waals surface area contributed by atoms with Crippen LogP contribution in [-0.4, -0.2) is 26.4 Å². The van der Waals surface area contributed by atoms with Crippen molar-refractivity contribution in [1.29, 1.82) is 0 Å². The number of phenolic OH excluding ortho intramolecular Hbond substituents is 1. The first kappa shape index (κ1) is 12.9. The van der Waals surface area contributed by atoms with Crippen LogP contribution in [0, 0.1) is 0 Å². The molecule has 1 heterocycles. The lowest BCUT2D eigenvalue weighted by Gasteiger charge is -2.06. The number of rotatable bonds is 5. The van der Waals surface area contributed by atoms with E-state index >= 15 is 0 Å². The molecule has 5 nitrogen and oxygen atoms in total. The predicted octanol–water partition coefficient (Wildman–Crippen LogP) is 1.51. The standard InChI is InChI=1S/C12H15ClN4O/c1-17-8-15-12(16-17)4-5-14-7-9-6-10(13)2-3-11(9)18/h2-3,6,8,14,18H,4-5,7H2,1H3. The van der Waals surface area contributed by atoms with Gasteiger partial charge in [-0.05, 0) is 18.2 Å². The van der Waals surface area contributed by atoms with E-state index in [-0.39, 0.29) is 5.75 Å². The minimum atomic E-state index is 0.253. The van der Waals surface area contributed by atoms with Gasteiger partial charge in [0, 0.05) is 37.1 Å². The van der Waals surface area contributed by atoms with Crippen LogP contribution >= 0.6 is 11.6 Å². The molecule has 6 heteroatoms. The Bertz CT molecular complexity index is 527. The van der Waals surface area contributed by atoms with Crippen molar-refractivity contribution in [3.05, 3.63) is 40.9 Å². The Morgan fingerprint density at radius 2 is 2.28 bits per heavy atom. The Labute approximate surface area is 110 Å². The van der Waals surface area contributed by atoms with E-state index in [9.17, 15) is 5.11 Å². The summed E-state index contributed by atoms with van der Waals surface area (Å²) in [4.78, 5) is 4.13. The Balaban J connectivity index is 1.80. The molecule has 0 amide bonds. The maximum atomic E-state index is 9.63. The van der Waals surface area contributed by atoms with Gasteiger partial charge in [-0.15, -0.1) is 0 Å². The fourth-order valence-corrected chi connectivity index (χ4v) is 1.81. The van der Waals surface area contributed by atoms with Crippen LogP contribution in [0.3, 0.4) is 0 Å². The summed E-state index contributed by atoms with van der Waals surface area (Å²) in [6.07, 6.45) is 2.43. The molecule has 0 atom stereocenters. The van der Waals surface area contributed by atoms with Crippen LogP contribution in [0.1, 0.15) is 11.4 Å². The van der Waals surface area contributed by atoms with Crippen molar-refractivity contribution in [3.8, 4) is 5.75 Å². The van der Waals surface area contributed by atoms with Crippen molar-refractivity contribution in [3.63, 3.8) is 0 Å². The van der Waals surface area contributed by atoms with Crippen LogP contribution in [0.25, 0.3) is 0 Å². The van der Waals surface area contributed by atoms with Gasteiger partial charge in [-0.1, -0.05) is 11.6 Å². The normalized spacial score (nSPS) is 10.8. The van der Waals surface area contributed by atoms with Gasteiger partial charge in [-0.2, -0.15) is 5.10 Å². The molecule has 0 radical (unpaired) electrons. The number of benzene rings is 1. The molecular weight excluding hydrogens is 252 g/mol. The quantitative estimate of drug-likeness (QED) is 0.806. The van der Waals surface area contributed by atoms with Crippen LogP contribution in [0.4, 0.5) is 0 Å². The van der Waals surface area contributed by atoms with Gasteiger partial charge in [0.2, 0.25) is 0 Å². The Morgan fingerprint density at radius 1 is 1.44 bits per heavy atom. The zero-order valence-electron chi connectivity index (χ0n) is 10.1. The molecule has 1 aromatic carbocycles. The van der Waals surface area contributed by atoms with E-state index in [1.54, 1.807) is 29.2 Å². The highest BCUT2D eigenvalue weighted by atomic mass is 35.5. The number of phenols is 1. The predicted molar refractivity (Wildman–Crippen MR) is 69.5 cm³/mol. The summed E-state index contributed by atoms with van der Waals surface area (Å²) in [5, 5.41) is 17.7. The van der Waals surface area contributed by atoms with Crippen molar-refractivity contribution in [2.75, 3.05) is 6.54 Å². The van der Waals surface area contributed by atoms with E-state index in [0.29, 0.717) is 11.6 Å². The summed E-state index contributed by atoms with van der Waals surface area (Å²) < 4.78 is 1.68. The zero-order valence-corrected chi connectivity index (χ0v) is 10.9. The van der Waals surface area contributed by atoms with Crippen molar-refractivity contribution in [2.24, 2.45) is 7.05 Å². The molecule has 0 unspecified atom stereocenters. The maximum Gasteiger partial charge on any atom is 0.151 e. The van der Waals surface area contributed by atoms with Crippen LogP contribution in [-0.2, 0) is 20.0 Å². The van der Waals surface area contributed by atoms with Crippen molar-refractivity contribution in [1.82, 2.24) is 20.1 Å². The second-order valence-corrected chi connectivity index (χ2v) is 4.47. The smallest absolute Gasteiger partial charge is 0.151 e. The molecule has 18 heavy (non-hydrogen) atoms. The fourth-order valence-electron chi connectivity index (χ4n) is 1.62. The lowest BCUT2D eigenvalue weighted by atomic mass is 10.2. The molecule has 0 aliphatic rings. The van der Waals surface area contributed by atoms with E-state index in [1.165, 1.54) is 0 Å². The Hall–Kier alpha value is -1.59. The second kappa shape index (κ2) is 5.84. The van der Waals surface area contributed by atoms with Gasteiger partial charge in [0.1, 0.15) is 12.1 Å². The van der Waals surface area contributed by atoms with Gasteiger partial charge in [0.05, 0.1) is 0 Å².